The molecular weight excluding hydrogens is 424 g/mol. The van der Waals surface area contributed by atoms with Crippen LogP contribution >= 0.6 is 11.5 Å². The number of amides is 1. The Morgan fingerprint density at radius 2 is 1.91 bits per heavy atom. The van der Waals surface area contributed by atoms with Crippen molar-refractivity contribution in [3.8, 4) is 17.2 Å². The zero-order valence-corrected chi connectivity index (χ0v) is 19.4. The number of nitrogens with zero attached hydrogens (tertiary/aromatic N) is 2. The van der Waals surface area contributed by atoms with Crippen LogP contribution in [0.5, 0.6) is 0 Å². The van der Waals surface area contributed by atoms with Crippen molar-refractivity contribution >= 4 is 39.2 Å². The molecule has 1 atom stereocenters. The topological polar surface area (TPSA) is 104 Å². The molecular formula is C24H26N4O3S. The number of hydrogen-bond donors (Lipinski definition) is 2. The summed E-state index contributed by atoms with van der Waals surface area (Å²) in [5.41, 5.74) is 3.28. The van der Waals surface area contributed by atoms with Gasteiger partial charge in [-0.1, -0.05) is 32.0 Å². The minimum Gasteiger partial charge on any atom is -0.465 e. The normalized spacial score (nSPS) is 11.8. The average molecular weight is 451 g/mol. The van der Waals surface area contributed by atoms with E-state index in [-0.39, 0.29) is 18.4 Å². The summed E-state index contributed by atoms with van der Waals surface area (Å²) < 4.78 is 9.31. The molecule has 1 amide bonds. The summed E-state index contributed by atoms with van der Waals surface area (Å²) in [6.45, 7) is 6.02. The van der Waals surface area contributed by atoms with Gasteiger partial charge in [-0.3, -0.25) is 4.79 Å². The SMILES string of the molecule is COC(=O)c1ccc2cc(-c3c(C)nsc3NC(CC(C)C)C(=O)NCC#N)ccc2c1. The molecule has 0 fully saturated rings. The first-order valence-corrected chi connectivity index (χ1v) is 11.1. The van der Waals surface area contributed by atoms with Gasteiger partial charge >= 0.3 is 5.97 Å². The Labute approximate surface area is 191 Å². The fourth-order valence-corrected chi connectivity index (χ4v) is 4.44. The Morgan fingerprint density at radius 1 is 1.19 bits per heavy atom. The molecule has 1 heterocycles. The second-order valence-electron chi connectivity index (χ2n) is 7.94. The number of ether oxygens (including phenoxy) is 1. The lowest BCUT2D eigenvalue weighted by molar-refractivity contribution is -0.121. The molecule has 1 unspecified atom stereocenters. The van der Waals surface area contributed by atoms with Gasteiger partial charge < -0.3 is 15.4 Å². The lowest BCUT2D eigenvalue weighted by atomic mass is 9.99. The van der Waals surface area contributed by atoms with E-state index in [0.29, 0.717) is 17.9 Å². The number of methoxy groups -OCH3 is 1. The molecule has 2 N–H and O–H groups in total. The molecule has 0 bridgehead atoms. The first-order valence-electron chi connectivity index (χ1n) is 10.3. The Kier molecular flexibility index (Phi) is 7.44. The lowest BCUT2D eigenvalue weighted by Gasteiger charge is -2.20. The number of nitriles is 1. The highest BCUT2D eigenvalue weighted by Crippen LogP contribution is 2.37. The monoisotopic (exact) mass is 450 g/mol. The Hall–Kier alpha value is -3.44. The number of anilines is 1. The van der Waals surface area contributed by atoms with Crippen LogP contribution in [0.1, 0.15) is 36.3 Å². The molecule has 3 aromatic rings. The van der Waals surface area contributed by atoms with Gasteiger partial charge in [0.1, 0.15) is 17.6 Å². The maximum Gasteiger partial charge on any atom is 0.337 e. The van der Waals surface area contributed by atoms with Crippen molar-refractivity contribution in [2.45, 2.75) is 33.2 Å². The van der Waals surface area contributed by atoms with Crippen LogP contribution in [0, 0.1) is 24.2 Å². The van der Waals surface area contributed by atoms with Crippen molar-refractivity contribution in [3.63, 3.8) is 0 Å². The van der Waals surface area contributed by atoms with Crippen molar-refractivity contribution in [1.29, 1.82) is 5.26 Å². The summed E-state index contributed by atoms with van der Waals surface area (Å²) in [4.78, 5) is 24.4. The standard InChI is InChI=1S/C24H26N4O3S/c1-14(2)11-20(22(29)26-10-9-25)27-23-21(15(3)28-32-23)18-7-5-17-13-19(24(30)31-4)8-6-16(17)12-18/h5-8,12-14,20,27H,10-11H2,1-4H3,(H,26,29). The molecule has 0 aliphatic rings. The number of carbonyl (C=O) groups is 2. The van der Waals surface area contributed by atoms with Crippen molar-refractivity contribution in [2.24, 2.45) is 5.92 Å². The van der Waals surface area contributed by atoms with E-state index in [1.807, 2.05) is 37.3 Å². The number of rotatable bonds is 8. The van der Waals surface area contributed by atoms with Crippen LogP contribution in [-0.4, -0.2) is 35.9 Å². The van der Waals surface area contributed by atoms with Gasteiger partial charge in [-0.05, 0) is 65.3 Å². The van der Waals surface area contributed by atoms with Gasteiger partial charge in [0, 0.05) is 5.56 Å². The maximum atomic E-state index is 12.6. The summed E-state index contributed by atoms with van der Waals surface area (Å²) in [5.74, 6) is -0.278. The minimum absolute atomic E-state index is 0.0259. The summed E-state index contributed by atoms with van der Waals surface area (Å²) in [5, 5.41) is 17.5. The third kappa shape index (κ3) is 5.24. The summed E-state index contributed by atoms with van der Waals surface area (Å²) >= 11 is 1.32. The van der Waals surface area contributed by atoms with Gasteiger partial charge in [0.15, 0.2) is 0 Å². The second kappa shape index (κ2) is 10.2. The molecule has 0 radical (unpaired) electrons. The second-order valence-corrected chi connectivity index (χ2v) is 8.72. The molecule has 8 heteroatoms. The number of carbonyl (C=O) groups excluding carboxylic acids is 2. The van der Waals surface area contributed by atoms with E-state index in [1.54, 1.807) is 12.1 Å². The molecule has 0 aliphatic heterocycles. The van der Waals surface area contributed by atoms with E-state index in [0.717, 1.165) is 32.6 Å². The van der Waals surface area contributed by atoms with Crippen molar-refractivity contribution in [2.75, 3.05) is 19.0 Å². The smallest absolute Gasteiger partial charge is 0.337 e. The first kappa shape index (κ1) is 23.2. The number of nitrogens with one attached hydrogen (secondary N) is 2. The minimum atomic E-state index is -0.468. The van der Waals surface area contributed by atoms with Crippen molar-refractivity contribution in [1.82, 2.24) is 9.69 Å². The molecule has 0 spiro atoms. The molecule has 0 saturated heterocycles. The lowest BCUT2D eigenvalue weighted by Crippen LogP contribution is -2.40. The molecule has 32 heavy (non-hydrogen) atoms. The predicted octanol–water partition coefficient (Wildman–Crippen LogP) is 4.52. The zero-order chi connectivity index (χ0) is 23.3. The third-order valence-corrected chi connectivity index (χ3v) is 5.95. The summed E-state index contributed by atoms with van der Waals surface area (Å²) in [6.07, 6.45) is 0.627. The van der Waals surface area contributed by atoms with Crippen LogP contribution in [0.15, 0.2) is 36.4 Å². The molecule has 166 valence electrons. The zero-order valence-electron chi connectivity index (χ0n) is 18.6. The van der Waals surface area contributed by atoms with E-state index < -0.39 is 6.04 Å². The van der Waals surface area contributed by atoms with Crippen molar-refractivity contribution < 1.29 is 14.3 Å². The van der Waals surface area contributed by atoms with Gasteiger partial charge in [-0.15, -0.1) is 0 Å². The van der Waals surface area contributed by atoms with Gasteiger partial charge in [0.25, 0.3) is 0 Å². The van der Waals surface area contributed by atoms with Gasteiger partial charge in [-0.2, -0.15) is 9.64 Å². The van der Waals surface area contributed by atoms with E-state index in [4.69, 9.17) is 10.00 Å². The van der Waals surface area contributed by atoms with Crippen LogP contribution < -0.4 is 10.6 Å². The number of hydrogen-bond acceptors (Lipinski definition) is 7. The predicted molar refractivity (Wildman–Crippen MR) is 127 cm³/mol. The van der Waals surface area contributed by atoms with E-state index >= 15 is 0 Å². The van der Waals surface area contributed by atoms with Gasteiger partial charge in [0.05, 0.1) is 24.4 Å². The van der Waals surface area contributed by atoms with Crippen LogP contribution in [-0.2, 0) is 9.53 Å². The molecule has 0 aliphatic carbocycles. The fraction of sp³-hybridized carbons (Fsp3) is 0.333. The first-order chi connectivity index (χ1) is 15.3. The largest absolute Gasteiger partial charge is 0.465 e. The highest BCUT2D eigenvalue weighted by atomic mass is 32.1. The van der Waals surface area contributed by atoms with E-state index in [9.17, 15) is 9.59 Å². The highest BCUT2D eigenvalue weighted by Gasteiger charge is 2.23. The number of fused-ring (bicyclic) bond motifs is 1. The van der Waals surface area contributed by atoms with Gasteiger partial charge in [-0.25, -0.2) is 4.79 Å². The number of esters is 1. The Morgan fingerprint density at radius 3 is 2.59 bits per heavy atom. The van der Waals surface area contributed by atoms with Crippen molar-refractivity contribution in [3.05, 3.63) is 47.7 Å². The third-order valence-electron chi connectivity index (χ3n) is 5.08. The number of aryl methyl sites for hydroxylation is 1. The fourth-order valence-electron chi connectivity index (χ4n) is 3.57. The Balaban J connectivity index is 1.95. The van der Waals surface area contributed by atoms with Crippen LogP contribution in [0.4, 0.5) is 5.00 Å². The summed E-state index contributed by atoms with van der Waals surface area (Å²) in [6, 6.07) is 12.9. The quantitative estimate of drug-likeness (QED) is 0.386. The van der Waals surface area contributed by atoms with Crippen LogP contribution in [0.2, 0.25) is 0 Å². The highest BCUT2D eigenvalue weighted by molar-refractivity contribution is 7.11. The summed E-state index contributed by atoms with van der Waals surface area (Å²) in [7, 11) is 1.36. The van der Waals surface area contributed by atoms with E-state index in [1.165, 1.54) is 18.6 Å². The van der Waals surface area contributed by atoms with Crippen LogP contribution in [0.25, 0.3) is 21.9 Å². The van der Waals surface area contributed by atoms with Crippen LogP contribution in [0.3, 0.4) is 0 Å². The maximum absolute atomic E-state index is 12.6. The van der Waals surface area contributed by atoms with E-state index in [2.05, 4.69) is 28.9 Å². The number of benzene rings is 2. The molecule has 7 nitrogen and oxygen atoms in total. The molecule has 3 rings (SSSR count). The molecule has 1 aromatic heterocycles. The molecule has 0 saturated carbocycles. The average Bonchev–Trinajstić information content (AvgIpc) is 3.15. The Bertz CT molecular complexity index is 1180. The number of aromatic nitrogens is 1. The molecule has 2 aromatic carbocycles. The van der Waals surface area contributed by atoms with Gasteiger partial charge in [0.2, 0.25) is 5.91 Å².